The number of benzene rings is 1. The van der Waals surface area contributed by atoms with Gasteiger partial charge in [0.05, 0.1) is 5.92 Å². The van der Waals surface area contributed by atoms with Gasteiger partial charge in [0, 0.05) is 11.1 Å². The third-order valence-corrected chi connectivity index (χ3v) is 3.29. The number of aliphatic hydroxyl groups is 1. The molecule has 3 N–H and O–H groups in total. The lowest BCUT2D eigenvalue weighted by atomic mass is 10.00. The van der Waals surface area contributed by atoms with E-state index in [0.29, 0.717) is 17.5 Å². The Morgan fingerprint density at radius 1 is 1.44 bits per heavy atom. The first-order valence-corrected chi connectivity index (χ1v) is 5.12. The molecule has 1 aliphatic rings. The summed E-state index contributed by atoms with van der Waals surface area (Å²) in [5.41, 5.74) is -0.614. The number of carbonyl (C=O) groups is 1. The normalized spacial score (nSPS) is 27.8. The van der Waals surface area contributed by atoms with E-state index in [2.05, 4.69) is 0 Å². The second-order valence-corrected chi connectivity index (χ2v) is 4.40. The Kier molecular flexibility index (Phi) is 2.20. The molecular weight excluding hydrogens is 208 g/mol. The van der Waals surface area contributed by atoms with E-state index in [-0.39, 0.29) is 17.3 Å². The summed E-state index contributed by atoms with van der Waals surface area (Å²) in [6, 6.07) is 2.87. The van der Waals surface area contributed by atoms with Crippen LogP contribution in [0, 0.1) is 12.8 Å². The van der Waals surface area contributed by atoms with E-state index >= 15 is 0 Å². The molecule has 0 aliphatic heterocycles. The fraction of sp³-hybridized carbons (Fsp3) is 0.417. The van der Waals surface area contributed by atoms with E-state index in [1.54, 1.807) is 6.92 Å². The Morgan fingerprint density at radius 2 is 2.06 bits per heavy atom. The maximum atomic E-state index is 11.2. The highest BCUT2D eigenvalue weighted by atomic mass is 16.3. The molecule has 86 valence electrons. The van der Waals surface area contributed by atoms with Crippen LogP contribution in [-0.4, -0.2) is 21.1 Å². The van der Waals surface area contributed by atoms with E-state index in [1.165, 1.54) is 19.1 Å². The maximum absolute atomic E-state index is 11.2. The van der Waals surface area contributed by atoms with E-state index in [1.807, 2.05) is 0 Å². The SMILES string of the molecule is CC(=O)C1CC1(O)c1ccc(O)c(C)c1O. The average Bonchev–Trinajstić information content (AvgIpc) is 2.88. The lowest BCUT2D eigenvalue weighted by Crippen LogP contribution is -2.13. The second kappa shape index (κ2) is 3.22. The van der Waals surface area contributed by atoms with Gasteiger partial charge in [-0.15, -0.1) is 0 Å². The van der Waals surface area contributed by atoms with Gasteiger partial charge in [-0.2, -0.15) is 0 Å². The van der Waals surface area contributed by atoms with Crippen molar-refractivity contribution in [1.82, 2.24) is 0 Å². The van der Waals surface area contributed by atoms with Gasteiger partial charge >= 0.3 is 0 Å². The van der Waals surface area contributed by atoms with Crippen molar-refractivity contribution < 1.29 is 20.1 Å². The van der Waals surface area contributed by atoms with Gasteiger partial charge in [0.25, 0.3) is 0 Å². The van der Waals surface area contributed by atoms with Crippen LogP contribution in [-0.2, 0) is 10.4 Å². The van der Waals surface area contributed by atoms with Gasteiger partial charge in [-0.1, -0.05) is 0 Å². The molecule has 0 aromatic heterocycles. The van der Waals surface area contributed by atoms with Crippen molar-refractivity contribution in [2.75, 3.05) is 0 Å². The van der Waals surface area contributed by atoms with Gasteiger partial charge in [-0.3, -0.25) is 4.79 Å². The number of phenols is 2. The van der Waals surface area contributed by atoms with Gasteiger partial charge in [0.1, 0.15) is 22.9 Å². The number of ketones is 1. The fourth-order valence-electron chi connectivity index (χ4n) is 2.07. The predicted octanol–water partition coefficient (Wildman–Crippen LogP) is 1.20. The van der Waals surface area contributed by atoms with E-state index < -0.39 is 11.5 Å². The van der Waals surface area contributed by atoms with Crippen molar-refractivity contribution in [3.05, 3.63) is 23.3 Å². The molecule has 0 amide bonds. The molecule has 2 rings (SSSR count). The zero-order valence-corrected chi connectivity index (χ0v) is 9.19. The van der Waals surface area contributed by atoms with Crippen LogP contribution in [0.5, 0.6) is 11.5 Å². The Bertz CT molecular complexity index is 466. The van der Waals surface area contributed by atoms with Crippen LogP contribution < -0.4 is 0 Å². The van der Waals surface area contributed by atoms with Crippen molar-refractivity contribution in [3.63, 3.8) is 0 Å². The summed E-state index contributed by atoms with van der Waals surface area (Å²) >= 11 is 0. The van der Waals surface area contributed by atoms with Crippen LogP contribution in [0.4, 0.5) is 0 Å². The smallest absolute Gasteiger partial charge is 0.136 e. The summed E-state index contributed by atoms with van der Waals surface area (Å²) in [4.78, 5) is 11.2. The van der Waals surface area contributed by atoms with Crippen molar-refractivity contribution in [2.24, 2.45) is 5.92 Å². The minimum atomic E-state index is -1.26. The molecule has 0 heterocycles. The van der Waals surface area contributed by atoms with Crippen LogP contribution in [0.25, 0.3) is 0 Å². The number of carbonyl (C=O) groups excluding carboxylic acids is 1. The first-order valence-electron chi connectivity index (χ1n) is 5.12. The summed E-state index contributed by atoms with van der Waals surface area (Å²) in [6.45, 7) is 2.98. The second-order valence-electron chi connectivity index (χ2n) is 4.40. The van der Waals surface area contributed by atoms with Gasteiger partial charge in [-0.05, 0) is 32.4 Å². The highest BCUT2D eigenvalue weighted by molar-refractivity contribution is 5.83. The van der Waals surface area contributed by atoms with Crippen LogP contribution in [0.3, 0.4) is 0 Å². The molecule has 1 saturated carbocycles. The van der Waals surface area contributed by atoms with Crippen LogP contribution in [0.2, 0.25) is 0 Å². The zero-order valence-electron chi connectivity index (χ0n) is 9.19. The number of aromatic hydroxyl groups is 2. The summed E-state index contributed by atoms with van der Waals surface area (Å²) in [6.07, 6.45) is 0.333. The Labute approximate surface area is 93.2 Å². The molecule has 0 saturated heterocycles. The van der Waals surface area contributed by atoms with Crippen molar-refractivity contribution in [2.45, 2.75) is 25.9 Å². The molecule has 1 aromatic carbocycles. The molecule has 0 radical (unpaired) electrons. The largest absolute Gasteiger partial charge is 0.508 e. The molecule has 2 atom stereocenters. The highest BCUT2D eigenvalue weighted by Gasteiger charge is 2.58. The number of hydrogen-bond acceptors (Lipinski definition) is 4. The lowest BCUT2D eigenvalue weighted by Gasteiger charge is -2.14. The van der Waals surface area contributed by atoms with Crippen molar-refractivity contribution >= 4 is 5.78 Å². The molecular formula is C12H14O4. The number of rotatable bonds is 2. The molecule has 4 nitrogen and oxygen atoms in total. The first-order chi connectivity index (χ1) is 7.38. The summed E-state index contributed by atoms with van der Waals surface area (Å²) < 4.78 is 0. The minimum absolute atomic E-state index is 0.0233. The Hall–Kier alpha value is -1.55. The number of Topliss-reactive ketones (excluding diaryl/α,β-unsaturated/α-hetero) is 1. The molecule has 16 heavy (non-hydrogen) atoms. The quantitative estimate of drug-likeness (QED) is 0.702. The average molecular weight is 222 g/mol. The Morgan fingerprint density at radius 3 is 2.56 bits per heavy atom. The molecule has 4 heteroatoms. The summed E-state index contributed by atoms with van der Waals surface area (Å²) in [7, 11) is 0. The van der Waals surface area contributed by atoms with Crippen molar-refractivity contribution in [1.29, 1.82) is 0 Å². The topological polar surface area (TPSA) is 77.8 Å². The number of hydrogen-bond donors (Lipinski definition) is 3. The third-order valence-electron chi connectivity index (χ3n) is 3.29. The van der Waals surface area contributed by atoms with Gasteiger partial charge in [0.15, 0.2) is 0 Å². The maximum Gasteiger partial charge on any atom is 0.136 e. The van der Waals surface area contributed by atoms with Gasteiger partial charge in [-0.25, -0.2) is 0 Å². The number of phenolic OH excluding ortho intramolecular Hbond substituents is 2. The van der Waals surface area contributed by atoms with Gasteiger partial charge < -0.3 is 15.3 Å². The highest BCUT2D eigenvalue weighted by Crippen LogP contribution is 2.55. The van der Waals surface area contributed by atoms with Crippen LogP contribution >= 0.6 is 0 Å². The molecule has 1 aliphatic carbocycles. The monoisotopic (exact) mass is 222 g/mol. The van der Waals surface area contributed by atoms with Crippen LogP contribution in [0.15, 0.2) is 12.1 Å². The van der Waals surface area contributed by atoms with E-state index in [9.17, 15) is 20.1 Å². The van der Waals surface area contributed by atoms with Gasteiger partial charge in [0.2, 0.25) is 0 Å². The lowest BCUT2D eigenvalue weighted by molar-refractivity contribution is -0.119. The minimum Gasteiger partial charge on any atom is -0.508 e. The summed E-state index contributed by atoms with van der Waals surface area (Å²) in [5.74, 6) is -0.689. The zero-order chi connectivity index (χ0) is 12.1. The molecule has 2 unspecified atom stereocenters. The molecule has 0 bridgehead atoms. The third kappa shape index (κ3) is 1.38. The van der Waals surface area contributed by atoms with E-state index in [4.69, 9.17) is 0 Å². The standard InChI is InChI=1S/C12H14O4/c1-6-10(14)4-3-8(11(6)15)12(16)5-9(12)7(2)13/h3-4,9,14-16H,5H2,1-2H3. The molecule has 1 fully saturated rings. The first kappa shape index (κ1) is 11.0. The van der Waals surface area contributed by atoms with Crippen LogP contribution in [0.1, 0.15) is 24.5 Å². The Balaban J connectivity index is 2.44. The van der Waals surface area contributed by atoms with Crippen molar-refractivity contribution in [3.8, 4) is 11.5 Å². The molecule has 0 spiro atoms. The predicted molar refractivity (Wildman–Crippen MR) is 57.2 cm³/mol. The molecule has 1 aromatic rings. The summed E-state index contributed by atoms with van der Waals surface area (Å²) in [5, 5.41) is 29.4. The fourth-order valence-corrected chi connectivity index (χ4v) is 2.07. The van der Waals surface area contributed by atoms with E-state index in [0.717, 1.165) is 0 Å².